The Morgan fingerprint density at radius 2 is 1.70 bits per heavy atom. The van der Waals surface area contributed by atoms with Gasteiger partial charge in [-0.05, 0) is 80.2 Å². The van der Waals surface area contributed by atoms with E-state index in [1.54, 1.807) is 48.5 Å². The average molecular weight is 598 g/mol. The van der Waals surface area contributed by atoms with Crippen molar-refractivity contribution in [2.45, 2.75) is 19.8 Å². The minimum absolute atomic E-state index is 0.100. The fourth-order valence-electron chi connectivity index (χ4n) is 3.17. The zero-order valence-corrected chi connectivity index (χ0v) is 21.6. The molecular formula is C24H20Br2ClNO5. The molecular weight excluding hydrogens is 578 g/mol. The molecule has 6 nitrogen and oxygen atoms in total. The second-order valence-corrected chi connectivity index (χ2v) is 9.60. The number of hydrogen-bond acceptors (Lipinski definition) is 4. The number of nitrogens with zero attached hydrogens (tertiary/aromatic N) is 1. The number of carbonyl (C=O) groups excluding carboxylic acids is 1. The van der Waals surface area contributed by atoms with E-state index in [1.807, 2.05) is 13.8 Å². The third-order valence-corrected chi connectivity index (χ3v) is 6.29. The summed E-state index contributed by atoms with van der Waals surface area (Å²) in [5.41, 5.74) is 1.27. The van der Waals surface area contributed by atoms with Crippen molar-refractivity contribution < 1.29 is 24.5 Å². The van der Waals surface area contributed by atoms with Crippen LogP contribution in [0.15, 0.2) is 63.5 Å². The van der Waals surface area contributed by atoms with Gasteiger partial charge >= 0.3 is 5.97 Å². The van der Waals surface area contributed by atoms with E-state index >= 15 is 0 Å². The number of carboxylic acids is 1. The smallest absolute Gasteiger partial charge is 0.323 e. The maximum atomic E-state index is 13.1. The van der Waals surface area contributed by atoms with Crippen LogP contribution in [0.2, 0.25) is 5.02 Å². The lowest BCUT2D eigenvalue weighted by Crippen LogP contribution is -2.36. The van der Waals surface area contributed by atoms with Crippen molar-refractivity contribution in [2.75, 3.05) is 11.4 Å². The summed E-state index contributed by atoms with van der Waals surface area (Å²) in [4.78, 5) is 25.8. The summed E-state index contributed by atoms with van der Waals surface area (Å²) in [5.74, 6) is -0.486. The van der Waals surface area contributed by atoms with Crippen molar-refractivity contribution in [3.8, 4) is 17.2 Å². The number of carboxylic acid groups (broad SMARTS) is 1. The number of rotatable bonds is 7. The first-order valence-corrected chi connectivity index (χ1v) is 11.8. The van der Waals surface area contributed by atoms with Crippen molar-refractivity contribution in [1.82, 2.24) is 0 Å². The van der Waals surface area contributed by atoms with Crippen LogP contribution >= 0.6 is 43.5 Å². The van der Waals surface area contributed by atoms with Crippen LogP contribution in [0.25, 0.3) is 0 Å². The molecule has 0 saturated heterocycles. The van der Waals surface area contributed by atoms with Crippen LogP contribution in [-0.2, 0) is 4.79 Å². The van der Waals surface area contributed by atoms with Gasteiger partial charge in [-0.3, -0.25) is 14.5 Å². The van der Waals surface area contributed by atoms with Crippen LogP contribution in [0.5, 0.6) is 17.2 Å². The highest BCUT2D eigenvalue weighted by molar-refractivity contribution is 9.11. The fraction of sp³-hybridized carbons (Fsp3) is 0.167. The number of amides is 1. The number of halogens is 3. The number of phenolic OH excluding ortho intramolecular Hbond substituents is 1. The van der Waals surface area contributed by atoms with Crippen LogP contribution in [-0.4, -0.2) is 28.6 Å². The number of carbonyl (C=O) groups is 2. The van der Waals surface area contributed by atoms with E-state index in [0.717, 1.165) is 10.5 Å². The molecule has 0 radical (unpaired) electrons. The maximum Gasteiger partial charge on any atom is 0.323 e. The molecule has 0 bridgehead atoms. The Bertz CT molecular complexity index is 1190. The lowest BCUT2D eigenvalue weighted by atomic mass is 10.0. The maximum absolute atomic E-state index is 13.1. The Balaban J connectivity index is 1.99. The second kappa shape index (κ2) is 10.6. The van der Waals surface area contributed by atoms with Gasteiger partial charge in [0.25, 0.3) is 5.91 Å². The predicted molar refractivity (Wildman–Crippen MR) is 135 cm³/mol. The second-order valence-electron chi connectivity index (χ2n) is 7.48. The molecule has 1 amide bonds. The van der Waals surface area contributed by atoms with Gasteiger partial charge in [0.2, 0.25) is 0 Å². The Kier molecular flexibility index (Phi) is 8.05. The topological polar surface area (TPSA) is 87.1 Å². The molecule has 0 aromatic heterocycles. The Morgan fingerprint density at radius 3 is 2.27 bits per heavy atom. The van der Waals surface area contributed by atoms with Gasteiger partial charge in [-0.2, -0.15) is 0 Å². The zero-order chi connectivity index (χ0) is 24.3. The summed E-state index contributed by atoms with van der Waals surface area (Å²) in [6.45, 7) is 3.37. The minimum atomic E-state index is -1.17. The molecule has 0 spiro atoms. The van der Waals surface area contributed by atoms with Crippen molar-refractivity contribution in [3.05, 3.63) is 79.7 Å². The molecule has 2 N–H and O–H groups in total. The summed E-state index contributed by atoms with van der Waals surface area (Å²) in [6, 6.07) is 14.6. The molecule has 0 aliphatic carbocycles. The molecule has 0 aliphatic rings. The minimum Gasteiger partial charge on any atom is -0.508 e. The molecule has 172 valence electrons. The third kappa shape index (κ3) is 5.88. The number of aliphatic carboxylic acids is 1. The Morgan fingerprint density at radius 1 is 1.06 bits per heavy atom. The predicted octanol–water partition coefficient (Wildman–Crippen LogP) is 7.22. The third-order valence-electron chi connectivity index (χ3n) is 4.78. The molecule has 0 atom stereocenters. The molecule has 0 saturated carbocycles. The summed E-state index contributed by atoms with van der Waals surface area (Å²) >= 11 is 13.1. The standard InChI is InChI=1S/C24H20Br2ClNO5/c1-13(2)17-11-15(7-8-21(17)29)33-23-18(25)9-14(10-19(23)26)28(12-22(30)31)24(32)16-5-3-4-6-20(16)27/h3-11,13,29H,12H2,1-2H3,(H,30,31). The molecule has 0 aliphatic heterocycles. The van der Waals surface area contributed by atoms with Crippen LogP contribution < -0.4 is 9.64 Å². The average Bonchev–Trinajstić information content (AvgIpc) is 2.75. The number of ether oxygens (including phenoxy) is 1. The molecule has 0 heterocycles. The number of aromatic hydroxyl groups is 1. The molecule has 33 heavy (non-hydrogen) atoms. The summed E-state index contributed by atoms with van der Waals surface area (Å²) < 4.78 is 7.01. The highest BCUT2D eigenvalue weighted by atomic mass is 79.9. The van der Waals surface area contributed by atoms with Crippen LogP contribution in [0, 0.1) is 0 Å². The van der Waals surface area contributed by atoms with Crippen LogP contribution in [0.3, 0.4) is 0 Å². The van der Waals surface area contributed by atoms with Gasteiger partial charge in [0.15, 0.2) is 5.75 Å². The highest BCUT2D eigenvalue weighted by Gasteiger charge is 2.24. The van der Waals surface area contributed by atoms with Gasteiger partial charge in [0, 0.05) is 11.3 Å². The lowest BCUT2D eigenvalue weighted by Gasteiger charge is -2.23. The Labute approximate surface area is 213 Å². The highest BCUT2D eigenvalue weighted by Crippen LogP contribution is 2.41. The van der Waals surface area contributed by atoms with Crippen molar-refractivity contribution >= 4 is 61.0 Å². The van der Waals surface area contributed by atoms with Crippen LogP contribution in [0.1, 0.15) is 35.7 Å². The van der Waals surface area contributed by atoms with Crippen molar-refractivity contribution in [3.63, 3.8) is 0 Å². The Hall–Kier alpha value is -2.55. The van der Waals surface area contributed by atoms with Gasteiger partial charge in [0.1, 0.15) is 18.0 Å². The zero-order valence-electron chi connectivity index (χ0n) is 17.7. The SMILES string of the molecule is CC(C)c1cc(Oc2c(Br)cc(N(CC(=O)O)C(=O)c3ccccc3Cl)cc2Br)ccc1O. The van der Waals surface area contributed by atoms with E-state index < -0.39 is 18.4 Å². The quantitative estimate of drug-likeness (QED) is 0.300. The van der Waals surface area contributed by atoms with E-state index in [4.69, 9.17) is 16.3 Å². The fourth-order valence-corrected chi connectivity index (χ4v) is 4.71. The molecule has 9 heteroatoms. The normalized spacial score (nSPS) is 10.8. The largest absolute Gasteiger partial charge is 0.508 e. The monoisotopic (exact) mass is 595 g/mol. The molecule has 3 aromatic rings. The summed E-state index contributed by atoms with van der Waals surface area (Å²) in [6.07, 6.45) is 0. The number of phenols is 1. The first kappa shape index (κ1) is 25.1. The molecule has 0 fully saturated rings. The van der Waals surface area contributed by atoms with E-state index in [1.165, 1.54) is 6.07 Å². The van der Waals surface area contributed by atoms with Gasteiger partial charge in [0.05, 0.1) is 19.5 Å². The molecule has 0 unspecified atom stereocenters. The van der Waals surface area contributed by atoms with E-state index in [2.05, 4.69) is 31.9 Å². The van der Waals surface area contributed by atoms with Gasteiger partial charge < -0.3 is 14.9 Å². The van der Waals surface area contributed by atoms with E-state index in [0.29, 0.717) is 26.1 Å². The van der Waals surface area contributed by atoms with Gasteiger partial charge in [-0.25, -0.2) is 0 Å². The van der Waals surface area contributed by atoms with E-state index in [-0.39, 0.29) is 22.3 Å². The van der Waals surface area contributed by atoms with Crippen molar-refractivity contribution in [2.24, 2.45) is 0 Å². The molecule has 3 aromatic carbocycles. The van der Waals surface area contributed by atoms with E-state index in [9.17, 15) is 19.8 Å². The van der Waals surface area contributed by atoms with Gasteiger partial charge in [-0.1, -0.05) is 37.6 Å². The number of benzene rings is 3. The van der Waals surface area contributed by atoms with Crippen LogP contribution in [0.4, 0.5) is 5.69 Å². The number of hydrogen-bond donors (Lipinski definition) is 2. The first-order chi connectivity index (χ1) is 15.6. The first-order valence-electron chi connectivity index (χ1n) is 9.86. The lowest BCUT2D eigenvalue weighted by molar-refractivity contribution is -0.135. The molecule has 3 rings (SSSR count). The van der Waals surface area contributed by atoms with Crippen molar-refractivity contribution in [1.29, 1.82) is 0 Å². The number of anilines is 1. The summed E-state index contributed by atoms with van der Waals surface area (Å²) in [5, 5.41) is 19.7. The summed E-state index contributed by atoms with van der Waals surface area (Å²) in [7, 11) is 0. The van der Waals surface area contributed by atoms with Gasteiger partial charge in [-0.15, -0.1) is 0 Å².